The predicted octanol–water partition coefficient (Wildman–Crippen LogP) is 6.26. The van der Waals surface area contributed by atoms with Gasteiger partial charge < -0.3 is 4.74 Å². The molecule has 37 heavy (non-hydrogen) atoms. The van der Waals surface area contributed by atoms with E-state index in [0.717, 1.165) is 35.4 Å². The van der Waals surface area contributed by atoms with Crippen LogP contribution in [-0.2, 0) is 14.8 Å². The second kappa shape index (κ2) is 12.8. The van der Waals surface area contributed by atoms with E-state index < -0.39 is 13.8 Å². The van der Waals surface area contributed by atoms with E-state index in [1.165, 1.54) is 0 Å². The first kappa shape index (κ1) is 28.4. The third-order valence-electron chi connectivity index (χ3n) is 7.15. The van der Waals surface area contributed by atoms with Crippen molar-refractivity contribution in [2.45, 2.75) is 45.3 Å². The third-order valence-corrected chi connectivity index (χ3v) is 7.15. The molecule has 0 amide bonds. The minimum Gasteiger partial charge on any atom is -0.373 e. The largest absolute Gasteiger partial charge is 0.692 e. The molecule has 1 aromatic heterocycles. The molecule has 1 unspecified atom stereocenters. The van der Waals surface area contributed by atoms with E-state index in [-0.39, 0.29) is 11.5 Å². The van der Waals surface area contributed by atoms with Crippen LogP contribution < -0.4 is 0 Å². The molecule has 1 atom stereocenters. The van der Waals surface area contributed by atoms with E-state index in [1.54, 1.807) is 7.11 Å². The monoisotopic (exact) mass is 520 g/mol. The van der Waals surface area contributed by atoms with Crippen molar-refractivity contribution >= 4 is 8.25 Å². The van der Waals surface area contributed by atoms with Gasteiger partial charge in [0.05, 0.1) is 0 Å². The number of ether oxygens (including phenoxy) is 1. The van der Waals surface area contributed by atoms with Gasteiger partial charge in [0, 0.05) is 17.1 Å². The van der Waals surface area contributed by atoms with Gasteiger partial charge in [0.25, 0.3) is 0 Å². The van der Waals surface area contributed by atoms with Crippen molar-refractivity contribution in [3.63, 3.8) is 0 Å². The van der Waals surface area contributed by atoms with Gasteiger partial charge in [-0.25, -0.2) is 9.67 Å². The second-order valence-electron chi connectivity index (χ2n) is 9.09. The molecule has 3 aromatic carbocycles. The second-order valence-corrected chi connectivity index (χ2v) is 9.59. The van der Waals surface area contributed by atoms with Crippen LogP contribution in [0.15, 0.2) is 97.3 Å². The molecule has 4 rings (SSSR count). The molecular formula is C29H35N3O4P+. The van der Waals surface area contributed by atoms with Crippen molar-refractivity contribution < 1.29 is 19.1 Å². The van der Waals surface area contributed by atoms with Gasteiger partial charge in [-0.3, -0.25) is 0 Å². The Morgan fingerprint density at radius 1 is 0.838 bits per heavy atom. The molecule has 0 radical (unpaired) electrons. The molecule has 0 aliphatic rings. The number of hydrogen-bond donors (Lipinski definition) is 2. The summed E-state index contributed by atoms with van der Waals surface area (Å²) >= 11 is 0. The van der Waals surface area contributed by atoms with Crippen molar-refractivity contribution in [2.24, 2.45) is 5.41 Å². The van der Waals surface area contributed by atoms with Gasteiger partial charge in [0.2, 0.25) is 0 Å². The summed E-state index contributed by atoms with van der Waals surface area (Å²) in [5, 5.41) is 5.13. The van der Waals surface area contributed by atoms with Crippen molar-refractivity contribution in [3.8, 4) is 0 Å². The standard InChI is InChI=1S/C29H33N3O.HO3P/c1-5-28(3,6-2)26(33-4)27-30-22-32(31-27)29(23-16-10-7-11-17-23,24-18-12-8-13-19-24)25-20-14-9-15-21-25;1-4(2)3/h7-22,26H,5-6H2,1-4H3;(H-,1,2,3)/p+1. The highest BCUT2D eigenvalue weighted by Gasteiger charge is 2.41. The zero-order valence-electron chi connectivity index (χ0n) is 21.7. The van der Waals surface area contributed by atoms with Crippen LogP contribution in [-0.4, -0.2) is 31.7 Å². The van der Waals surface area contributed by atoms with Gasteiger partial charge in [0.1, 0.15) is 18.0 Å². The van der Waals surface area contributed by atoms with Crippen LogP contribution in [0.5, 0.6) is 0 Å². The maximum Gasteiger partial charge on any atom is 0.692 e. The van der Waals surface area contributed by atoms with Gasteiger partial charge >= 0.3 is 8.25 Å². The summed E-state index contributed by atoms with van der Waals surface area (Å²) in [5.74, 6) is 0.718. The highest BCUT2D eigenvalue weighted by atomic mass is 31.1. The highest BCUT2D eigenvalue weighted by molar-refractivity contribution is 7.30. The Kier molecular flexibility index (Phi) is 9.84. The summed E-state index contributed by atoms with van der Waals surface area (Å²) in [6.07, 6.45) is 3.64. The fourth-order valence-electron chi connectivity index (χ4n) is 4.81. The molecule has 0 spiro atoms. The van der Waals surface area contributed by atoms with Crippen LogP contribution in [0.4, 0.5) is 0 Å². The highest BCUT2D eigenvalue weighted by Crippen LogP contribution is 2.43. The van der Waals surface area contributed by atoms with E-state index in [4.69, 9.17) is 29.2 Å². The Morgan fingerprint density at radius 2 is 1.22 bits per heavy atom. The molecule has 0 aliphatic heterocycles. The first-order chi connectivity index (χ1) is 17.8. The van der Waals surface area contributed by atoms with Crippen LogP contribution in [0.3, 0.4) is 0 Å². The van der Waals surface area contributed by atoms with Gasteiger partial charge in [-0.2, -0.15) is 5.10 Å². The van der Waals surface area contributed by atoms with Gasteiger partial charge in [-0.15, -0.1) is 9.79 Å². The minimum atomic E-state index is -2.87. The molecule has 1 heterocycles. The number of methoxy groups -OCH3 is 1. The molecule has 0 saturated heterocycles. The summed E-state index contributed by atoms with van der Waals surface area (Å²) in [6, 6.07) is 31.6. The lowest BCUT2D eigenvalue weighted by molar-refractivity contribution is -0.0163. The van der Waals surface area contributed by atoms with Crippen LogP contribution in [0.25, 0.3) is 0 Å². The zero-order chi connectivity index (χ0) is 26.9. The molecule has 0 saturated carbocycles. The zero-order valence-corrected chi connectivity index (χ0v) is 22.6. The quantitative estimate of drug-likeness (QED) is 0.200. The van der Waals surface area contributed by atoms with E-state index in [2.05, 4.69) is 93.6 Å². The number of hydrogen-bond acceptors (Lipinski definition) is 4. The van der Waals surface area contributed by atoms with Gasteiger partial charge in [-0.05, 0) is 29.5 Å². The Morgan fingerprint density at radius 3 is 1.54 bits per heavy atom. The number of nitrogens with zero attached hydrogens (tertiary/aromatic N) is 3. The summed E-state index contributed by atoms with van der Waals surface area (Å²) in [5.41, 5.74) is 2.67. The fourth-order valence-corrected chi connectivity index (χ4v) is 4.81. The molecule has 8 heteroatoms. The van der Waals surface area contributed by atoms with Gasteiger partial charge in [0.15, 0.2) is 5.82 Å². The van der Waals surface area contributed by atoms with E-state index >= 15 is 0 Å². The summed E-state index contributed by atoms with van der Waals surface area (Å²) in [6.45, 7) is 6.66. The maximum atomic E-state index is 8.70. The van der Waals surface area contributed by atoms with Crippen LogP contribution in [0.1, 0.15) is 62.2 Å². The van der Waals surface area contributed by atoms with Crippen molar-refractivity contribution in [1.29, 1.82) is 0 Å². The van der Waals surface area contributed by atoms with Crippen molar-refractivity contribution in [2.75, 3.05) is 7.11 Å². The summed E-state index contributed by atoms with van der Waals surface area (Å²) in [7, 11) is -1.11. The van der Waals surface area contributed by atoms with Crippen molar-refractivity contribution in [1.82, 2.24) is 14.8 Å². The smallest absolute Gasteiger partial charge is 0.373 e. The molecule has 0 fully saturated rings. The average molecular weight is 521 g/mol. The van der Waals surface area contributed by atoms with Crippen LogP contribution >= 0.6 is 8.25 Å². The van der Waals surface area contributed by atoms with Gasteiger partial charge in [-0.1, -0.05) is 112 Å². The average Bonchev–Trinajstić information content (AvgIpc) is 3.40. The molecule has 194 valence electrons. The molecule has 0 bridgehead atoms. The minimum absolute atomic E-state index is 0.0458. The maximum absolute atomic E-state index is 8.70. The normalized spacial score (nSPS) is 12.4. The molecule has 7 nitrogen and oxygen atoms in total. The Balaban J connectivity index is 0.000000886. The fraction of sp³-hybridized carbons (Fsp3) is 0.310. The van der Waals surface area contributed by atoms with E-state index in [0.29, 0.717) is 0 Å². The van der Waals surface area contributed by atoms with Crippen LogP contribution in [0, 0.1) is 5.41 Å². The lowest BCUT2D eigenvalue weighted by atomic mass is 9.77. The lowest BCUT2D eigenvalue weighted by Gasteiger charge is -2.36. The Hall–Kier alpha value is -3.22. The van der Waals surface area contributed by atoms with E-state index in [1.807, 2.05) is 29.2 Å². The van der Waals surface area contributed by atoms with Crippen LogP contribution in [0.2, 0.25) is 0 Å². The van der Waals surface area contributed by atoms with Crippen molar-refractivity contribution in [3.05, 3.63) is 120 Å². The topological polar surface area (TPSA) is 97.5 Å². The Labute approximate surface area is 219 Å². The number of rotatable bonds is 9. The molecular weight excluding hydrogens is 485 g/mol. The number of benzene rings is 3. The molecule has 4 aromatic rings. The van der Waals surface area contributed by atoms with E-state index in [9.17, 15) is 0 Å². The first-order valence-corrected chi connectivity index (χ1v) is 13.5. The predicted molar refractivity (Wildman–Crippen MR) is 145 cm³/mol. The summed E-state index contributed by atoms with van der Waals surface area (Å²) in [4.78, 5) is 19.1. The summed E-state index contributed by atoms with van der Waals surface area (Å²) < 4.78 is 16.7. The molecule has 2 N–H and O–H groups in total. The number of aromatic nitrogens is 3. The molecule has 0 aliphatic carbocycles. The lowest BCUT2D eigenvalue weighted by Crippen LogP contribution is -2.38. The third kappa shape index (κ3) is 6.03. The Bertz CT molecular complexity index is 1150. The SMILES string of the molecule is CCC(C)(CC)C(OC)c1ncn(C(c2ccccc2)(c2ccccc2)c2ccccc2)n1.O=[P+](O)O. The first-order valence-electron chi connectivity index (χ1n) is 12.3.